The van der Waals surface area contributed by atoms with Gasteiger partial charge in [-0.25, -0.2) is 9.59 Å². The van der Waals surface area contributed by atoms with Crippen molar-refractivity contribution in [3.8, 4) is 0 Å². The molecule has 1 unspecified atom stereocenters. The lowest BCUT2D eigenvalue weighted by atomic mass is 9.99. The van der Waals surface area contributed by atoms with Gasteiger partial charge in [0.1, 0.15) is 0 Å². The number of carboxylic acids is 2. The summed E-state index contributed by atoms with van der Waals surface area (Å²) in [6.45, 7) is 3.35. The summed E-state index contributed by atoms with van der Waals surface area (Å²) < 4.78 is 5.87. The number of fused-ring (bicyclic) bond motifs is 1. The van der Waals surface area contributed by atoms with E-state index in [1.54, 1.807) is 4.90 Å². The predicted octanol–water partition coefficient (Wildman–Crippen LogP) is 4.26. The first-order valence-corrected chi connectivity index (χ1v) is 13.4. The fourth-order valence-electron chi connectivity index (χ4n) is 4.90. The van der Waals surface area contributed by atoms with Gasteiger partial charge in [-0.05, 0) is 35.6 Å². The summed E-state index contributed by atoms with van der Waals surface area (Å²) in [5, 5.41) is 14.8. The van der Waals surface area contributed by atoms with E-state index in [-0.39, 0.29) is 18.3 Å². The topological polar surface area (TPSA) is 124 Å². The Morgan fingerprint density at radius 3 is 2.10 bits per heavy atom. The van der Waals surface area contributed by atoms with Crippen LogP contribution >= 0.6 is 0 Å². The quantitative estimate of drug-likeness (QED) is 0.312. The number of hydrogen-bond acceptors (Lipinski definition) is 6. The van der Waals surface area contributed by atoms with E-state index in [1.807, 2.05) is 60.7 Å². The van der Waals surface area contributed by atoms with Crippen LogP contribution in [-0.4, -0.2) is 70.0 Å². The number of carboxylic acid groups (broad SMARTS) is 2. The van der Waals surface area contributed by atoms with Crippen LogP contribution in [-0.2, 0) is 25.5 Å². The van der Waals surface area contributed by atoms with Crippen LogP contribution in [0.2, 0.25) is 0 Å². The monoisotopic (exact) mass is 556 g/mol. The lowest BCUT2D eigenvalue weighted by molar-refractivity contribution is -0.159. The molecular weight excluding hydrogens is 524 g/mol. The van der Waals surface area contributed by atoms with Crippen LogP contribution in [0.15, 0.2) is 91.0 Å². The summed E-state index contributed by atoms with van der Waals surface area (Å²) in [5.74, 6) is -4.04. The second-order valence-electron chi connectivity index (χ2n) is 9.70. The van der Waals surface area contributed by atoms with Crippen LogP contribution in [0.3, 0.4) is 0 Å². The summed E-state index contributed by atoms with van der Waals surface area (Å²) in [6, 6.07) is 27.5. The molecule has 1 atom stereocenters. The molecule has 212 valence electrons. The van der Waals surface area contributed by atoms with Crippen LogP contribution in [0.1, 0.15) is 46.1 Å². The molecule has 2 aliphatic rings. The van der Waals surface area contributed by atoms with E-state index in [0.717, 1.165) is 43.6 Å². The molecule has 9 nitrogen and oxygen atoms in total. The molecule has 0 spiro atoms. The third-order valence-corrected chi connectivity index (χ3v) is 6.93. The van der Waals surface area contributed by atoms with Gasteiger partial charge in [0.05, 0.1) is 6.42 Å². The Kier molecular flexibility index (Phi) is 10.0. The Morgan fingerprint density at radius 2 is 1.46 bits per heavy atom. The second kappa shape index (κ2) is 14.0. The normalized spacial score (nSPS) is 16.2. The second-order valence-corrected chi connectivity index (χ2v) is 9.70. The van der Waals surface area contributed by atoms with Crippen molar-refractivity contribution >= 4 is 29.4 Å². The molecule has 0 fully saturated rings. The molecule has 0 saturated heterocycles. The van der Waals surface area contributed by atoms with Gasteiger partial charge >= 0.3 is 17.9 Å². The van der Waals surface area contributed by atoms with Crippen molar-refractivity contribution < 1.29 is 34.1 Å². The average molecular weight is 557 g/mol. The van der Waals surface area contributed by atoms with Crippen molar-refractivity contribution in [1.29, 1.82) is 0 Å². The van der Waals surface area contributed by atoms with Gasteiger partial charge in [-0.1, -0.05) is 84.9 Å². The molecule has 3 aromatic carbocycles. The highest BCUT2D eigenvalue weighted by atomic mass is 16.6. The smallest absolute Gasteiger partial charge is 0.414 e. The minimum Gasteiger partial charge on any atom is -0.473 e. The van der Waals surface area contributed by atoms with Gasteiger partial charge < -0.3 is 14.9 Å². The van der Waals surface area contributed by atoms with Crippen molar-refractivity contribution in [2.45, 2.75) is 25.5 Å². The van der Waals surface area contributed by atoms with Crippen LogP contribution in [0.5, 0.6) is 0 Å². The molecular formula is C32H32N2O7. The van der Waals surface area contributed by atoms with E-state index in [2.05, 4.69) is 35.2 Å². The highest BCUT2D eigenvalue weighted by molar-refractivity contribution is 6.27. The van der Waals surface area contributed by atoms with Gasteiger partial charge in [-0.3, -0.25) is 19.4 Å². The van der Waals surface area contributed by atoms with Crippen molar-refractivity contribution in [1.82, 2.24) is 9.80 Å². The molecule has 0 radical (unpaired) electrons. The van der Waals surface area contributed by atoms with Gasteiger partial charge in [0.2, 0.25) is 6.23 Å². The summed E-state index contributed by atoms with van der Waals surface area (Å²) >= 11 is 0. The fourth-order valence-corrected chi connectivity index (χ4v) is 4.90. The van der Waals surface area contributed by atoms with Crippen molar-refractivity contribution in [2.75, 3.05) is 26.2 Å². The maximum atomic E-state index is 13.1. The summed E-state index contributed by atoms with van der Waals surface area (Å²) in [4.78, 5) is 48.2. The lowest BCUT2D eigenvalue weighted by Gasteiger charge is -2.29. The number of carbonyl (C=O) groups excluding carboxylic acids is 2. The number of nitrogens with zero attached hydrogens (tertiary/aromatic N) is 2. The van der Waals surface area contributed by atoms with E-state index >= 15 is 0 Å². The first-order chi connectivity index (χ1) is 19.8. The Balaban J connectivity index is 0.000000585. The zero-order valence-corrected chi connectivity index (χ0v) is 22.5. The Morgan fingerprint density at radius 1 is 0.829 bits per heavy atom. The fraction of sp³-hybridized carbons (Fsp3) is 0.250. The number of benzene rings is 3. The number of esters is 1. The van der Waals surface area contributed by atoms with Gasteiger partial charge in [0.15, 0.2) is 0 Å². The van der Waals surface area contributed by atoms with Crippen LogP contribution in [0, 0.1) is 0 Å². The van der Waals surface area contributed by atoms with Crippen LogP contribution < -0.4 is 0 Å². The molecule has 2 aliphatic heterocycles. The largest absolute Gasteiger partial charge is 0.473 e. The highest BCUT2D eigenvalue weighted by Crippen LogP contribution is 2.35. The summed E-state index contributed by atoms with van der Waals surface area (Å²) in [5.41, 5.74) is 4.99. The molecule has 2 N–H and O–H groups in total. The SMILES string of the molecule is O=C(Cc1ccccc1)OC1c2ccccc2C(=O)N1CCCN1CC=C(c2ccccc2)CC1.O=C(O)C(=O)O. The van der Waals surface area contributed by atoms with Gasteiger partial charge in [-0.2, -0.15) is 0 Å². The van der Waals surface area contributed by atoms with E-state index in [0.29, 0.717) is 12.1 Å². The minimum absolute atomic E-state index is 0.0667. The van der Waals surface area contributed by atoms with Crippen molar-refractivity contribution in [3.63, 3.8) is 0 Å². The molecule has 5 rings (SSSR count). The molecule has 0 saturated carbocycles. The number of amides is 1. The zero-order valence-electron chi connectivity index (χ0n) is 22.5. The number of ether oxygens (including phenoxy) is 1. The molecule has 0 aromatic heterocycles. The molecule has 41 heavy (non-hydrogen) atoms. The first-order valence-electron chi connectivity index (χ1n) is 13.4. The molecule has 0 bridgehead atoms. The van der Waals surface area contributed by atoms with E-state index < -0.39 is 18.2 Å². The molecule has 3 aromatic rings. The van der Waals surface area contributed by atoms with E-state index in [4.69, 9.17) is 24.5 Å². The summed E-state index contributed by atoms with van der Waals surface area (Å²) in [6.07, 6.45) is 3.68. The third kappa shape index (κ3) is 7.89. The maximum absolute atomic E-state index is 13.1. The van der Waals surface area contributed by atoms with Crippen LogP contribution in [0.4, 0.5) is 0 Å². The van der Waals surface area contributed by atoms with Crippen LogP contribution in [0.25, 0.3) is 5.57 Å². The van der Waals surface area contributed by atoms with Gasteiger partial charge in [0, 0.05) is 37.3 Å². The lowest BCUT2D eigenvalue weighted by Crippen LogP contribution is -2.35. The van der Waals surface area contributed by atoms with Crippen molar-refractivity contribution in [3.05, 3.63) is 113 Å². The summed E-state index contributed by atoms with van der Waals surface area (Å²) in [7, 11) is 0. The minimum atomic E-state index is -1.82. The maximum Gasteiger partial charge on any atom is 0.414 e. The van der Waals surface area contributed by atoms with Crippen molar-refractivity contribution in [2.24, 2.45) is 0 Å². The number of aliphatic carboxylic acids is 2. The number of carbonyl (C=O) groups is 4. The first kappa shape index (κ1) is 29.2. The predicted molar refractivity (Wildman–Crippen MR) is 152 cm³/mol. The van der Waals surface area contributed by atoms with Gasteiger partial charge in [0.25, 0.3) is 5.91 Å². The van der Waals surface area contributed by atoms with Gasteiger partial charge in [-0.15, -0.1) is 0 Å². The Bertz CT molecular complexity index is 1390. The standard InChI is InChI=1S/C30H30N2O3.C2H2O4/c33-28(22-23-10-3-1-4-11-23)35-30-27-15-8-7-14-26(27)29(34)32(30)19-9-18-31-20-16-25(17-21-31)24-12-5-2-6-13-24;3-1(4)2(5)6/h1-8,10-16,30H,9,17-22H2;(H,3,4)(H,5,6). The Labute approximate surface area is 238 Å². The molecule has 9 heteroatoms. The third-order valence-electron chi connectivity index (χ3n) is 6.93. The number of hydrogen-bond donors (Lipinski definition) is 2. The molecule has 2 heterocycles. The Hall–Kier alpha value is -4.76. The number of rotatable bonds is 8. The zero-order chi connectivity index (χ0) is 29.2. The molecule has 0 aliphatic carbocycles. The van der Waals surface area contributed by atoms with E-state index in [9.17, 15) is 9.59 Å². The highest BCUT2D eigenvalue weighted by Gasteiger charge is 2.38. The van der Waals surface area contributed by atoms with E-state index in [1.165, 1.54) is 11.1 Å². The average Bonchev–Trinajstić information content (AvgIpc) is 3.25. The molecule has 1 amide bonds.